The van der Waals surface area contributed by atoms with Crippen LogP contribution in [0.2, 0.25) is 0 Å². The maximum Gasteiger partial charge on any atom is 0.247 e. The molecule has 0 saturated heterocycles. The summed E-state index contributed by atoms with van der Waals surface area (Å²) in [5, 5.41) is 13.0. The molecule has 0 spiro atoms. The van der Waals surface area contributed by atoms with Gasteiger partial charge in [-0.1, -0.05) is 92.2 Å². The number of fused-ring (bicyclic) bond motifs is 3. The van der Waals surface area contributed by atoms with Crippen molar-refractivity contribution in [1.29, 1.82) is 0 Å². The van der Waals surface area contributed by atoms with Gasteiger partial charge in [0.05, 0.1) is 5.56 Å². The highest BCUT2D eigenvalue weighted by Crippen LogP contribution is 2.41. The standard InChI is InChI=1S/C28H28N4O2S/c1-2-3-11-18-35-28-30-27-25(31-32-28)21-14-7-9-16-23(21)29-26(34-27)22-15-8-10-17-24(22)33-19-20-12-5-4-6-13-20/h4-10,12-17,26,29H,2-3,11,18-19H2,1H3/t26-/m0/s1. The second kappa shape index (κ2) is 11.2. The number of nitrogens with one attached hydrogen (secondary N) is 1. The van der Waals surface area contributed by atoms with Crippen molar-refractivity contribution in [2.75, 3.05) is 11.1 Å². The zero-order valence-corrected chi connectivity index (χ0v) is 20.5. The van der Waals surface area contributed by atoms with E-state index < -0.39 is 6.23 Å². The van der Waals surface area contributed by atoms with Gasteiger partial charge in [0, 0.05) is 17.0 Å². The minimum atomic E-state index is -0.501. The van der Waals surface area contributed by atoms with Crippen molar-refractivity contribution in [2.24, 2.45) is 0 Å². The van der Waals surface area contributed by atoms with Crippen molar-refractivity contribution in [3.05, 3.63) is 90.0 Å². The molecule has 0 radical (unpaired) electrons. The number of nitrogens with zero attached hydrogens (tertiary/aromatic N) is 3. The molecule has 0 bridgehead atoms. The predicted molar refractivity (Wildman–Crippen MR) is 140 cm³/mol. The Kier molecular flexibility index (Phi) is 7.44. The Bertz CT molecular complexity index is 1270. The summed E-state index contributed by atoms with van der Waals surface area (Å²) in [4.78, 5) is 4.76. The summed E-state index contributed by atoms with van der Waals surface area (Å²) in [6.45, 7) is 2.67. The first kappa shape index (κ1) is 23.2. The Labute approximate surface area is 210 Å². The topological polar surface area (TPSA) is 69.2 Å². The summed E-state index contributed by atoms with van der Waals surface area (Å²) in [5.74, 6) is 2.19. The molecule has 0 unspecified atom stereocenters. The normalized spacial score (nSPS) is 14.1. The first-order valence-corrected chi connectivity index (χ1v) is 13.0. The Morgan fingerprint density at radius 2 is 1.71 bits per heavy atom. The molecule has 2 heterocycles. The molecular weight excluding hydrogens is 456 g/mol. The molecule has 0 amide bonds. The number of ether oxygens (including phenoxy) is 2. The van der Waals surface area contributed by atoms with Gasteiger partial charge in [-0.2, -0.15) is 4.98 Å². The van der Waals surface area contributed by atoms with Gasteiger partial charge in [-0.3, -0.25) is 0 Å². The summed E-state index contributed by atoms with van der Waals surface area (Å²) in [6, 6.07) is 26.1. The first-order valence-electron chi connectivity index (χ1n) is 12.0. The van der Waals surface area contributed by atoms with Crippen LogP contribution in [-0.4, -0.2) is 20.9 Å². The monoisotopic (exact) mass is 484 g/mol. The fraction of sp³-hybridized carbons (Fsp3) is 0.250. The number of hydrogen-bond acceptors (Lipinski definition) is 7. The zero-order chi connectivity index (χ0) is 23.9. The van der Waals surface area contributed by atoms with Crippen molar-refractivity contribution < 1.29 is 9.47 Å². The fourth-order valence-electron chi connectivity index (χ4n) is 3.93. The van der Waals surface area contributed by atoms with E-state index in [1.165, 1.54) is 12.8 Å². The maximum atomic E-state index is 6.47. The third kappa shape index (κ3) is 5.57. The molecule has 1 aliphatic heterocycles. The minimum Gasteiger partial charge on any atom is -0.488 e. The number of benzene rings is 3. The van der Waals surface area contributed by atoms with Gasteiger partial charge in [0.2, 0.25) is 17.3 Å². The fourth-order valence-corrected chi connectivity index (χ4v) is 4.71. The molecule has 7 heteroatoms. The van der Waals surface area contributed by atoms with E-state index >= 15 is 0 Å². The molecule has 1 aromatic heterocycles. The van der Waals surface area contributed by atoms with Gasteiger partial charge in [-0.05, 0) is 30.2 Å². The van der Waals surface area contributed by atoms with Gasteiger partial charge in [-0.15, -0.1) is 10.2 Å². The lowest BCUT2D eigenvalue weighted by Crippen LogP contribution is -2.18. The van der Waals surface area contributed by atoms with E-state index in [0.717, 1.165) is 40.3 Å². The van der Waals surface area contributed by atoms with Crippen LogP contribution in [-0.2, 0) is 6.61 Å². The molecule has 35 heavy (non-hydrogen) atoms. The number of anilines is 1. The van der Waals surface area contributed by atoms with Crippen molar-refractivity contribution in [3.8, 4) is 22.9 Å². The van der Waals surface area contributed by atoms with Gasteiger partial charge in [0.1, 0.15) is 12.4 Å². The second-order valence-corrected chi connectivity index (χ2v) is 9.37. The minimum absolute atomic E-state index is 0.471. The van der Waals surface area contributed by atoms with Crippen LogP contribution in [0.1, 0.15) is 43.5 Å². The van der Waals surface area contributed by atoms with E-state index in [1.807, 2.05) is 66.7 Å². The number of thioether (sulfide) groups is 1. The lowest BCUT2D eigenvalue weighted by atomic mass is 10.1. The van der Waals surface area contributed by atoms with Crippen LogP contribution in [0.15, 0.2) is 84.0 Å². The average molecular weight is 485 g/mol. The summed E-state index contributed by atoms with van der Waals surface area (Å²) < 4.78 is 12.7. The molecule has 6 nitrogen and oxygen atoms in total. The van der Waals surface area contributed by atoms with Gasteiger partial charge in [0.25, 0.3) is 0 Å². The van der Waals surface area contributed by atoms with E-state index in [-0.39, 0.29) is 0 Å². The molecule has 4 aromatic rings. The molecule has 0 aliphatic carbocycles. The van der Waals surface area contributed by atoms with Crippen molar-refractivity contribution in [2.45, 2.75) is 44.2 Å². The van der Waals surface area contributed by atoms with Crippen LogP contribution < -0.4 is 14.8 Å². The third-order valence-electron chi connectivity index (χ3n) is 5.75. The Morgan fingerprint density at radius 1 is 0.914 bits per heavy atom. The van der Waals surface area contributed by atoms with Crippen LogP contribution >= 0.6 is 11.8 Å². The van der Waals surface area contributed by atoms with Crippen LogP contribution in [0.4, 0.5) is 5.69 Å². The zero-order valence-electron chi connectivity index (χ0n) is 19.7. The molecule has 0 fully saturated rings. The summed E-state index contributed by atoms with van der Waals surface area (Å²) in [7, 11) is 0. The smallest absolute Gasteiger partial charge is 0.247 e. The highest BCUT2D eigenvalue weighted by atomic mass is 32.2. The molecule has 0 saturated carbocycles. The van der Waals surface area contributed by atoms with Gasteiger partial charge in [0.15, 0.2) is 5.69 Å². The van der Waals surface area contributed by atoms with E-state index in [0.29, 0.717) is 23.3 Å². The number of aromatic nitrogens is 3. The Morgan fingerprint density at radius 3 is 2.60 bits per heavy atom. The average Bonchev–Trinajstić information content (AvgIpc) is 3.07. The van der Waals surface area contributed by atoms with Gasteiger partial charge < -0.3 is 14.8 Å². The number of hydrogen-bond donors (Lipinski definition) is 1. The summed E-state index contributed by atoms with van der Waals surface area (Å²) >= 11 is 1.62. The molecule has 178 valence electrons. The van der Waals surface area contributed by atoms with Crippen LogP contribution in [0.5, 0.6) is 11.6 Å². The second-order valence-electron chi connectivity index (χ2n) is 8.30. The number of unbranched alkanes of at least 4 members (excludes halogenated alkanes) is 2. The Balaban J connectivity index is 1.45. The lowest BCUT2D eigenvalue weighted by molar-refractivity contribution is 0.214. The van der Waals surface area contributed by atoms with Crippen LogP contribution in [0, 0.1) is 0 Å². The Hall–Kier alpha value is -3.58. The largest absolute Gasteiger partial charge is 0.488 e. The molecular formula is C28H28N4O2S. The molecule has 1 N–H and O–H groups in total. The van der Waals surface area contributed by atoms with Gasteiger partial charge >= 0.3 is 0 Å². The van der Waals surface area contributed by atoms with E-state index in [2.05, 4.69) is 34.6 Å². The van der Waals surface area contributed by atoms with Gasteiger partial charge in [-0.25, -0.2) is 0 Å². The third-order valence-corrected chi connectivity index (χ3v) is 6.68. The number of para-hydroxylation sites is 2. The highest BCUT2D eigenvalue weighted by Gasteiger charge is 2.27. The molecule has 5 rings (SSSR count). The predicted octanol–water partition coefficient (Wildman–Crippen LogP) is 6.90. The van der Waals surface area contributed by atoms with E-state index in [1.54, 1.807) is 11.8 Å². The highest BCUT2D eigenvalue weighted by molar-refractivity contribution is 7.99. The van der Waals surface area contributed by atoms with Crippen LogP contribution in [0.3, 0.4) is 0 Å². The number of rotatable bonds is 9. The molecule has 1 aliphatic rings. The quantitative estimate of drug-likeness (QED) is 0.205. The van der Waals surface area contributed by atoms with E-state index in [9.17, 15) is 0 Å². The SMILES string of the molecule is CCCCCSc1nnc2c(n1)O[C@@H](c1ccccc1OCc1ccccc1)Nc1ccccc1-2. The van der Waals surface area contributed by atoms with Crippen molar-refractivity contribution in [3.63, 3.8) is 0 Å². The van der Waals surface area contributed by atoms with Crippen LogP contribution in [0.25, 0.3) is 11.3 Å². The first-order chi connectivity index (χ1) is 17.3. The van der Waals surface area contributed by atoms with Crippen molar-refractivity contribution in [1.82, 2.24) is 15.2 Å². The van der Waals surface area contributed by atoms with Crippen molar-refractivity contribution >= 4 is 17.4 Å². The van der Waals surface area contributed by atoms with E-state index in [4.69, 9.17) is 14.5 Å². The lowest BCUT2D eigenvalue weighted by Gasteiger charge is -2.22. The molecule has 3 aromatic carbocycles. The maximum absolute atomic E-state index is 6.47. The summed E-state index contributed by atoms with van der Waals surface area (Å²) in [5.41, 5.74) is 4.45. The molecule has 1 atom stereocenters. The summed E-state index contributed by atoms with van der Waals surface area (Å²) in [6.07, 6.45) is 3.00.